The number of halogens is 1. The summed E-state index contributed by atoms with van der Waals surface area (Å²) < 4.78 is 5.21. The van der Waals surface area contributed by atoms with Crippen molar-refractivity contribution in [3.05, 3.63) is 29.8 Å². The molecule has 29 heavy (non-hydrogen) atoms. The highest BCUT2D eigenvalue weighted by molar-refractivity contribution is 14.0. The molecule has 0 amide bonds. The van der Waals surface area contributed by atoms with Gasteiger partial charge in [0.2, 0.25) is 0 Å². The maximum absolute atomic E-state index is 5.21. The highest BCUT2D eigenvalue weighted by Crippen LogP contribution is 2.50. The largest absolute Gasteiger partial charge is 0.383 e. The molecule has 5 nitrogen and oxygen atoms in total. The van der Waals surface area contributed by atoms with Gasteiger partial charge in [-0.1, -0.05) is 31.0 Å². The summed E-state index contributed by atoms with van der Waals surface area (Å²) in [5, 5.41) is 3.72. The molecular weight excluding hydrogens is 475 g/mol. The van der Waals surface area contributed by atoms with Crippen molar-refractivity contribution < 1.29 is 4.74 Å². The van der Waals surface area contributed by atoms with E-state index < -0.39 is 0 Å². The van der Waals surface area contributed by atoms with Gasteiger partial charge in [-0.2, -0.15) is 0 Å². The number of aliphatic imine (C=N–C) groups is 1. The molecule has 1 saturated carbocycles. The van der Waals surface area contributed by atoms with Gasteiger partial charge in [0.05, 0.1) is 6.61 Å². The second-order valence-corrected chi connectivity index (χ2v) is 8.80. The molecule has 0 atom stereocenters. The molecule has 0 aromatic heterocycles. The van der Waals surface area contributed by atoms with Crippen molar-refractivity contribution in [3.63, 3.8) is 0 Å². The van der Waals surface area contributed by atoms with E-state index in [1.165, 1.54) is 57.3 Å². The van der Waals surface area contributed by atoms with Crippen LogP contribution in [-0.2, 0) is 10.2 Å². The molecule has 1 aromatic rings. The Morgan fingerprint density at radius 2 is 1.93 bits per heavy atom. The van der Waals surface area contributed by atoms with E-state index in [-0.39, 0.29) is 24.0 Å². The van der Waals surface area contributed by atoms with Crippen molar-refractivity contribution in [2.24, 2.45) is 10.9 Å². The average molecular weight is 512 g/mol. The highest BCUT2D eigenvalue weighted by Gasteiger charge is 2.45. The predicted molar refractivity (Wildman–Crippen MR) is 132 cm³/mol. The lowest BCUT2D eigenvalue weighted by atomic mass is 9.81. The molecule has 2 fully saturated rings. The van der Waals surface area contributed by atoms with Gasteiger partial charge < -0.3 is 19.9 Å². The Bertz CT molecular complexity index is 681. The SMILES string of the molecule is CN=C(NCC1CCN(CCOC)CC1)N1CC2(CCCC2)c2ccccc21.I. The van der Waals surface area contributed by atoms with E-state index in [4.69, 9.17) is 4.74 Å². The topological polar surface area (TPSA) is 40.1 Å². The molecule has 4 rings (SSSR count). The van der Waals surface area contributed by atoms with Crippen LogP contribution in [0.4, 0.5) is 5.69 Å². The highest BCUT2D eigenvalue weighted by atomic mass is 127. The van der Waals surface area contributed by atoms with Crippen molar-refractivity contribution in [2.75, 3.05) is 58.4 Å². The summed E-state index contributed by atoms with van der Waals surface area (Å²) in [4.78, 5) is 9.64. The minimum Gasteiger partial charge on any atom is -0.383 e. The number of fused-ring (bicyclic) bond motifs is 2. The Morgan fingerprint density at radius 3 is 2.62 bits per heavy atom. The summed E-state index contributed by atoms with van der Waals surface area (Å²) in [5.41, 5.74) is 3.26. The van der Waals surface area contributed by atoms with E-state index in [2.05, 4.69) is 44.4 Å². The van der Waals surface area contributed by atoms with E-state index in [9.17, 15) is 0 Å². The van der Waals surface area contributed by atoms with Gasteiger partial charge in [-0.3, -0.25) is 4.99 Å². The quantitative estimate of drug-likeness (QED) is 0.370. The first-order valence-corrected chi connectivity index (χ1v) is 11.0. The average Bonchev–Trinajstić information content (AvgIpc) is 3.34. The van der Waals surface area contributed by atoms with Crippen LogP contribution in [0.25, 0.3) is 0 Å². The van der Waals surface area contributed by atoms with E-state index >= 15 is 0 Å². The zero-order chi connectivity index (χ0) is 19.4. The standard InChI is InChI=1S/C23H36N4O.HI/c1-24-22(25-17-19-9-13-26(14-10-19)15-16-28-2)27-18-23(11-5-6-12-23)20-7-3-4-8-21(20)27;/h3-4,7-8,19H,5-6,9-18H2,1-2H3,(H,24,25);1H. The maximum atomic E-state index is 5.21. The lowest BCUT2D eigenvalue weighted by Crippen LogP contribution is -2.46. The number of anilines is 1. The fourth-order valence-corrected chi connectivity index (χ4v) is 5.46. The summed E-state index contributed by atoms with van der Waals surface area (Å²) in [6.45, 7) is 6.38. The number of para-hydroxylation sites is 1. The van der Waals surface area contributed by atoms with Crippen LogP contribution in [0.3, 0.4) is 0 Å². The summed E-state index contributed by atoms with van der Waals surface area (Å²) in [6, 6.07) is 9.01. The van der Waals surface area contributed by atoms with Crippen molar-refractivity contribution in [1.29, 1.82) is 0 Å². The molecule has 1 saturated heterocycles. The number of benzene rings is 1. The molecule has 3 aliphatic rings. The van der Waals surface area contributed by atoms with Crippen LogP contribution in [0, 0.1) is 5.92 Å². The van der Waals surface area contributed by atoms with E-state index in [0.717, 1.165) is 38.1 Å². The minimum atomic E-state index is 0. The number of ether oxygens (including phenoxy) is 1. The molecule has 1 aliphatic carbocycles. The number of hydrogen-bond donors (Lipinski definition) is 1. The third kappa shape index (κ3) is 4.90. The number of rotatable bonds is 5. The van der Waals surface area contributed by atoms with Gasteiger partial charge in [0, 0.05) is 44.9 Å². The van der Waals surface area contributed by atoms with E-state index in [1.807, 2.05) is 7.05 Å². The van der Waals surface area contributed by atoms with Crippen molar-refractivity contribution in [3.8, 4) is 0 Å². The fourth-order valence-electron chi connectivity index (χ4n) is 5.46. The van der Waals surface area contributed by atoms with Gasteiger partial charge in [0.15, 0.2) is 5.96 Å². The van der Waals surface area contributed by atoms with Crippen LogP contribution in [0.2, 0.25) is 0 Å². The van der Waals surface area contributed by atoms with Crippen LogP contribution in [0.5, 0.6) is 0 Å². The van der Waals surface area contributed by atoms with Gasteiger partial charge in [-0.05, 0) is 56.3 Å². The zero-order valence-corrected chi connectivity index (χ0v) is 20.4. The second-order valence-electron chi connectivity index (χ2n) is 8.80. The first-order chi connectivity index (χ1) is 13.8. The van der Waals surface area contributed by atoms with Crippen LogP contribution in [0.1, 0.15) is 44.1 Å². The van der Waals surface area contributed by atoms with Gasteiger partial charge in [-0.15, -0.1) is 24.0 Å². The molecule has 2 aliphatic heterocycles. The molecule has 0 radical (unpaired) electrons. The lowest BCUT2D eigenvalue weighted by molar-refractivity contribution is 0.121. The van der Waals surface area contributed by atoms with E-state index in [1.54, 1.807) is 12.7 Å². The number of nitrogens with one attached hydrogen (secondary N) is 1. The number of piperidine rings is 1. The van der Waals surface area contributed by atoms with Crippen LogP contribution >= 0.6 is 24.0 Å². The fraction of sp³-hybridized carbons (Fsp3) is 0.696. The zero-order valence-electron chi connectivity index (χ0n) is 18.0. The van der Waals surface area contributed by atoms with Crippen LogP contribution in [0.15, 0.2) is 29.3 Å². The third-order valence-corrected chi connectivity index (χ3v) is 7.12. The molecule has 1 N–H and O–H groups in total. The maximum Gasteiger partial charge on any atom is 0.198 e. The van der Waals surface area contributed by atoms with Crippen molar-refractivity contribution in [2.45, 2.75) is 43.9 Å². The first-order valence-electron chi connectivity index (χ1n) is 11.0. The van der Waals surface area contributed by atoms with Crippen LogP contribution in [-0.4, -0.2) is 64.3 Å². The Balaban J connectivity index is 0.00000240. The minimum absolute atomic E-state index is 0. The molecule has 1 aromatic carbocycles. The molecule has 0 bridgehead atoms. The second kappa shape index (κ2) is 10.4. The monoisotopic (exact) mass is 512 g/mol. The summed E-state index contributed by atoms with van der Waals surface area (Å²) in [5.74, 6) is 1.78. The van der Waals surface area contributed by atoms with Crippen molar-refractivity contribution in [1.82, 2.24) is 10.2 Å². The Hall–Kier alpha value is -0.860. The molecule has 2 heterocycles. The lowest BCUT2D eigenvalue weighted by Gasteiger charge is -2.33. The van der Waals surface area contributed by atoms with E-state index in [0.29, 0.717) is 5.41 Å². The number of hydrogen-bond acceptors (Lipinski definition) is 3. The summed E-state index contributed by atoms with van der Waals surface area (Å²) in [7, 11) is 3.71. The van der Waals surface area contributed by atoms with Gasteiger partial charge in [0.1, 0.15) is 0 Å². The number of guanidine groups is 1. The number of methoxy groups -OCH3 is 1. The number of nitrogens with zero attached hydrogens (tertiary/aromatic N) is 3. The Kier molecular flexibility index (Phi) is 8.22. The smallest absolute Gasteiger partial charge is 0.198 e. The van der Waals surface area contributed by atoms with Gasteiger partial charge in [-0.25, -0.2) is 0 Å². The normalized spacial score (nSPS) is 22.0. The molecular formula is C23H37IN4O. The van der Waals surface area contributed by atoms with Gasteiger partial charge in [0.25, 0.3) is 0 Å². The molecule has 6 heteroatoms. The molecule has 162 valence electrons. The molecule has 0 unspecified atom stereocenters. The summed E-state index contributed by atoms with van der Waals surface area (Å²) >= 11 is 0. The third-order valence-electron chi connectivity index (χ3n) is 7.12. The number of likely N-dealkylation sites (tertiary alicyclic amines) is 1. The first kappa shape index (κ1) is 22.8. The van der Waals surface area contributed by atoms with Gasteiger partial charge >= 0.3 is 0 Å². The van der Waals surface area contributed by atoms with Crippen LogP contribution < -0.4 is 10.2 Å². The predicted octanol–water partition coefficient (Wildman–Crippen LogP) is 3.87. The molecule has 1 spiro atoms. The van der Waals surface area contributed by atoms with Crippen molar-refractivity contribution >= 4 is 35.6 Å². The Labute approximate surface area is 193 Å². The Morgan fingerprint density at radius 1 is 1.21 bits per heavy atom. The summed E-state index contributed by atoms with van der Waals surface area (Å²) in [6.07, 6.45) is 7.86.